The van der Waals surface area contributed by atoms with Crippen LogP contribution >= 0.6 is 0 Å². The predicted molar refractivity (Wildman–Crippen MR) is 245 cm³/mol. The molecular weight excluding hydrogens is 885 g/mol. The SMILES string of the molecule is COC(=O)C1NCC(NC(=O)OCC#CCOC(=O)NC2CNC(C(=O)OC)C2C(=O)CCc2cccc(CNC(=O)OC(C)(C)C)c2)C1C(=O)CCc1cccc(CNC(=O)OC(C)(C)C)c1. The first-order valence-corrected chi connectivity index (χ1v) is 22.3. The van der Waals surface area contributed by atoms with E-state index >= 15 is 0 Å². The molecule has 20 nitrogen and oxygen atoms in total. The summed E-state index contributed by atoms with van der Waals surface area (Å²) in [6, 6.07) is 11.1. The zero-order valence-electron chi connectivity index (χ0n) is 39.9. The van der Waals surface area contributed by atoms with Crippen molar-refractivity contribution in [1.82, 2.24) is 31.9 Å². The first kappa shape index (κ1) is 53.9. The van der Waals surface area contributed by atoms with Crippen LogP contribution in [0.15, 0.2) is 48.5 Å². The van der Waals surface area contributed by atoms with Gasteiger partial charge < -0.3 is 60.3 Å². The zero-order chi connectivity index (χ0) is 50.0. The maximum atomic E-state index is 13.6. The number of amides is 4. The third kappa shape index (κ3) is 17.8. The molecule has 0 radical (unpaired) electrons. The largest absolute Gasteiger partial charge is 0.468 e. The van der Waals surface area contributed by atoms with Crippen molar-refractivity contribution in [2.45, 2.75) is 116 Å². The lowest BCUT2D eigenvalue weighted by atomic mass is 9.88. The Morgan fingerprint density at radius 2 is 0.941 bits per heavy atom. The summed E-state index contributed by atoms with van der Waals surface area (Å²) in [5.41, 5.74) is 1.97. The summed E-state index contributed by atoms with van der Waals surface area (Å²) in [5.74, 6) is 1.30. The Morgan fingerprint density at radius 1 is 0.574 bits per heavy atom. The summed E-state index contributed by atoms with van der Waals surface area (Å²) in [6.45, 7) is 10.4. The van der Waals surface area contributed by atoms with Gasteiger partial charge in [0, 0.05) is 39.0 Å². The van der Waals surface area contributed by atoms with E-state index in [1.165, 1.54) is 14.2 Å². The third-order valence-corrected chi connectivity index (χ3v) is 10.6. The van der Waals surface area contributed by atoms with Gasteiger partial charge in [0.1, 0.15) is 34.9 Å². The van der Waals surface area contributed by atoms with Gasteiger partial charge in [-0.2, -0.15) is 0 Å². The van der Waals surface area contributed by atoms with Crippen molar-refractivity contribution >= 4 is 47.9 Å². The molecule has 68 heavy (non-hydrogen) atoms. The van der Waals surface area contributed by atoms with Crippen LogP contribution in [0.25, 0.3) is 0 Å². The van der Waals surface area contributed by atoms with Gasteiger partial charge in [-0.3, -0.25) is 19.2 Å². The van der Waals surface area contributed by atoms with E-state index in [1.807, 2.05) is 48.5 Å². The van der Waals surface area contributed by atoms with Crippen LogP contribution in [0.3, 0.4) is 0 Å². The minimum Gasteiger partial charge on any atom is -0.468 e. The van der Waals surface area contributed by atoms with Gasteiger partial charge in [0.15, 0.2) is 13.2 Å². The fraction of sp³-hybridized carbons (Fsp3) is 0.542. The number of aryl methyl sites for hydroxylation is 2. The van der Waals surface area contributed by atoms with Crippen LogP contribution in [0, 0.1) is 23.7 Å². The van der Waals surface area contributed by atoms with Crippen LogP contribution in [0.1, 0.15) is 76.6 Å². The molecule has 0 bridgehead atoms. The first-order valence-electron chi connectivity index (χ1n) is 22.3. The summed E-state index contributed by atoms with van der Waals surface area (Å²) in [4.78, 5) is 102. The standard InChI is InChI=1S/C48H64N6O14/c1-47(2,3)67-43(59)51-25-31-15-11-13-29(23-31)17-19-35(55)37-33(27-49-39(37)41(57)63-7)53-45(61)65-21-9-10-22-66-46(62)54-34-28-50-40(42(58)64-8)38(34)36(56)20-18-30-14-12-16-32(24-30)26-52-44(60)68-48(4,5)6/h11-16,23-24,33-34,37-40,49-50H,17-22,25-28H2,1-8H3,(H,51,59)(H,52,60)(H,53,61)(H,54,62). The topological polar surface area (TPSA) is 264 Å². The lowest BCUT2D eigenvalue weighted by Gasteiger charge is -2.22. The predicted octanol–water partition coefficient (Wildman–Crippen LogP) is 3.15. The normalized spacial score (nSPS) is 19.8. The number of ether oxygens (including phenoxy) is 6. The molecule has 2 fully saturated rings. The fourth-order valence-electron chi connectivity index (χ4n) is 7.62. The molecular formula is C48H64N6O14. The second-order valence-electron chi connectivity index (χ2n) is 18.2. The van der Waals surface area contributed by atoms with Crippen LogP contribution in [0.2, 0.25) is 0 Å². The molecule has 6 unspecified atom stereocenters. The van der Waals surface area contributed by atoms with E-state index in [0.717, 1.165) is 22.3 Å². The van der Waals surface area contributed by atoms with E-state index in [0.29, 0.717) is 12.8 Å². The number of benzene rings is 2. The van der Waals surface area contributed by atoms with Crippen LogP contribution in [-0.2, 0) is 73.5 Å². The summed E-state index contributed by atoms with van der Waals surface area (Å²) < 4.78 is 30.7. The van der Waals surface area contributed by atoms with E-state index in [4.69, 9.17) is 28.4 Å². The smallest absolute Gasteiger partial charge is 0.408 e. The number of methoxy groups -OCH3 is 2. The second-order valence-corrected chi connectivity index (χ2v) is 18.2. The van der Waals surface area contributed by atoms with Crippen LogP contribution in [-0.4, -0.2) is 124 Å². The molecule has 0 aromatic heterocycles. The van der Waals surface area contributed by atoms with Gasteiger partial charge in [-0.1, -0.05) is 60.4 Å². The Hall–Kier alpha value is -6.72. The Bertz CT molecular complexity index is 2040. The van der Waals surface area contributed by atoms with E-state index in [1.54, 1.807) is 41.5 Å². The molecule has 0 saturated carbocycles. The molecule has 20 heteroatoms. The van der Waals surface area contributed by atoms with Crippen LogP contribution in [0.4, 0.5) is 19.2 Å². The number of rotatable bonds is 18. The molecule has 4 amide bonds. The minimum atomic E-state index is -1.00. The van der Waals surface area contributed by atoms with Gasteiger partial charge in [-0.25, -0.2) is 19.2 Å². The van der Waals surface area contributed by atoms with E-state index in [9.17, 15) is 38.4 Å². The Kier molecular flexibility index (Phi) is 20.1. The number of hydrogen-bond donors (Lipinski definition) is 6. The van der Waals surface area contributed by atoms with Gasteiger partial charge in [0.2, 0.25) is 0 Å². The molecule has 2 heterocycles. The molecule has 4 rings (SSSR count). The summed E-state index contributed by atoms with van der Waals surface area (Å²) in [5, 5.41) is 16.6. The number of ketones is 2. The number of hydrogen-bond acceptors (Lipinski definition) is 16. The van der Waals surface area contributed by atoms with Gasteiger partial charge in [0.05, 0.1) is 38.1 Å². The fourth-order valence-corrected chi connectivity index (χ4v) is 7.62. The highest BCUT2D eigenvalue weighted by molar-refractivity contribution is 5.91. The molecule has 2 saturated heterocycles. The maximum Gasteiger partial charge on any atom is 0.408 e. The maximum absolute atomic E-state index is 13.6. The molecule has 2 aromatic carbocycles. The van der Waals surface area contributed by atoms with Crippen molar-refractivity contribution in [2.24, 2.45) is 11.8 Å². The van der Waals surface area contributed by atoms with Crippen molar-refractivity contribution in [3.05, 3.63) is 70.8 Å². The molecule has 0 spiro atoms. The Labute approximate surface area is 396 Å². The highest BCUT2D eigenvalue weighted by Gasteiger charge is 2.47. The van der Waals surface area contributed by atoms with Crippen molar-refractivity contribution in [2.75, 3.05) is 40.5 Å². The molecule has 6 atom stereocenters. The van der Waals surface area contributed by atoms with Gasteiger partial charge in [-0.15, -0.1) is 0 Å². The van der Waals surface area contributed by atoms with Gasteiger partial charge in [0.25, 0.3) is 0 Å². The van der Waals surface area contributed by atoms with Crippen molar-refractivity contribution < 1.29 is 66.8 Å². The van der Waals surface area contributed by atoms with E-state index < -0.39 is 96.7 Å². The third-order valence-electron chi connectivity index (χ3n) is 10.6. The molecule has 0 aliphatic carbocycles. The Balaban J connectivity index is 1.23. The number of Topliss-reactive ketones (excluding diaryl/α,β-unsaturated/α-hetero) is 2. The van der Waals surface area contributed by atoms with Crippen molar-refractivity contribution in [1.29, 1.82) is 0 Å². The highest BCUT2D eigenvalue weighted by Crippen LogP contribution is 2.24. The molecule has 6 N–H and O–H groups in total. The summed E-state index contributed by atoms with van der Waals surface area (Å²) >= 11 is 0. The number of esters is 2. The number of carbonyl (C=O) groups excluding carboxylic acids is 8. The number of nitrogens with one attached hydrogen (secondary N) is 6. The lowest BCUT2D eigenvalue weighted by Crippen LogP contribution is -2.47. The van der Waals surface area contributed by atoms with Crippen molar-refractivity contribution in [3.63, 3.8) is 0 Å². The van der Waals surface area contributed by atoms with Crippen LogP contribution in [0.5, 0.6) is 0 Å². The average molecular weight is 949 g/mol. The zero-order valence-corrected chi connectivity index (χ0v) is 39.9. The quantitative estimate of drug-likeness (QED) is 0.0712. The highest BCUT2D eigenvalue weighted by atomic mass is 16.6. The molecule has 2 aromatic rings. The summed E-state index contributed by atoms with van der Waals surface area (Å²) in [7, 11) is 2.41. The lowest BCUT2D eigenvalue weighted by molar-refractivity contribution is -0.146. The van der Waals surface area contributed by atoms with Crippen molar-refractivity contribution in [3.8, 4) is 11.8 Å². The molecule has 2 aliphatic heterocycles. The average Bonchev–Trinajstić information content (AvgIpc) is 3.90. The van der Waals surface area contributed by atoms with E-state index in [2.05, 4.69) is 43.7 Å². The second kappa shape index (κ2) is 25.4. The van der Waals surface area contributed by atoms with E-state index in [-0.39, 0.29) is 50.6 Å². The monoisotopic (exact) mass is 948 g/mol. The summed E-state index contributed by atoms with van der Waals surface area (Å²) in [6.07, 6.45) is -2.16. The Morgan fingerprint density at radius 3 is 1.29 bits per heavy atom. The molecule has 2 aliphatic rings. The van der Waals surface area contributed by atoms with Gasteiger partial charge >= 0.3 is 36.3 Å². The first-order chi connectivity index (χ1) is 32.2. The number of alkyl carbamates (subject to hydrolysis) is 4. The number of carbonyl (C=O) groups is 8. The minimum absolute atomic E-state index is 0.0450. The molecule has 370 valence electrons. The van der Waals surface area contributed by atoms with Crippen LogP contribution < -0.4 is 31.9 Å². The van der Waals surface area contributed by atoms with Gasteiger partial charge in [-0.05, 0) is 76.6 Å².